The number of ketones is 1. The van der Waals surface area contributed by atoms with E-state index >= 15 is 0 Å². The molecule has 0 radical (unpaired) electrons. The monoisotopic (exact) mass is 221 g/mol. The van der Waals surface area contributed by atoms with Crippen molar-refractivity contribution in [1.82, 2.24) is 0 Å². The topological polar surface area (TPSA) is 43.1 Å². The van der Waals surface area contributed by atoms with Crippen molar-refractivity contribution in [3.8, 4) is 0 Å². The summed E-state index contributed by atoms with van der Waals surface area (Å²) in [6.07, 6.45) is 4.88. The van der Waals surface area contributed by atoms with Gasteiger partial charge in [-0.1, -0.05) is 17.7 Å². The van der Waals surface area contributed by atoms with Gasteiger partial charge in [-0.05, 0) is 43.0 Å². The number of carbonyl (C=O) groups is 1. The predicted octanol–water partition coefficient (Wildman–Crippen LogP) is 3.22. The van der Waals surface area contributed by atoms with Crippen LogP contribution in [0.4, 0.5) is 5.69 Å². The molecule has 0 heterocycles. The molecule has 0 aliphatic heterocycles. The average Bonchev–Trinajstić information content (AvgIpc) is 2.74. The zero-order valence-corrected chi connectivity index (χ0v) is 9.05. The van der Waals surface area contributed by atoms with E-state index in [1.165, 1.54) is 0 Å². The third-order valence-electron chi connectivity index (χ3n) is 2.57. The number of allylic oxidation sites excluding steroid dienone is 2. The first-order chi connectivity index (χ1) is 7.18. The molecular weight excluding hydrogens is 210 g/mol. The van der Waals surface area contributed by atoms with Gasteiger partial charge in [0.05, 0.1) is 5.02 Å². The fraction of sp³-hybridized carbons (Fsp3) is 0.250. The average molecular weight is 222 g/mol. The summed E-state index contributed by atoms with van der Waals surface area (Å²) < 4.78 is 0. The van der Waals surface area contributed by atoms with Crippen LogP contribution in [0.15, 0.2) is 29.8 Å². The summed E-state index contributed by atoms with van der Waals surface area (Å²) in [4.78, 5) is 12.0. The standard InChI is InChI=1S/C12H12ClNO/c13-11-6-5-9(14)7-10(11)12(15)8-3-1-2-4-8/h3,5-7H,1-2,4,14H2. The highest BCUT2D eigenvalue weighted by atomic mass is 35.5. The zero-order valence-electron chi connectivity index (χ0n) is 8.29. The number of anilines is 1. The van der Waals surface area contributed by atoms with E-state index in [0.29, 0.717) is 16.3 Å². The third-order valence-corrected chi connectivity index (χ3v) is 2.90. The van der Waals surface area contributed by atoms with E-state index in [-0.39, 0.29) is 5.78 Å². The Morgan fingerprint density at radius 3 is 2.87 bits per heavy atom. The SMILES string of the molecule is Nc1ccc(Cl)c(C(=O)C2=CCCC2)c1. The van der Waals surface area contributed by atoms with E-state index in [9.17, 15) is 4.79 Å². The van der Waals surface area contributed by atoms with Gasteiger partial charge in [0.1, 0.15) is 0 Å². The van der Waals surface area contributed by atoms with Crippen molar-refractivity contribution >= 4 is 23.1 Å². The molecule has 15 heavy (non-hydrogen) atoms. The second-order valence-electron chi connectivity index (χ2n) is 3.69. The second-order valence-corrected chi connectivity index (χ2v) is 4.10. The molecule has 0 fully saturated rings. The summed E-state index contributed by atoms with van der Waals surface area (Å²) in [5.74, 6) is 0.0183. The summed E-state index contributed by atoms with van der Waals surface area (Å²) in [6.45, 7) is 0. The number of nitrogen functional groups attached to an aromatic ring is 1. The molecule has 0 spiro atoms. The summed E-state index contributed by atoms with van der Waals surface area (Å²) in [7, 11) is 0. The van der Waals surface area contributed by atoms with Crippen molar-refractivity contribution in [2.24, 2.45) is 0 Å². The van der Waals surface area contributed by atoms with E-state index in [2.05, 4.69) is 0 Å². The highest BCUT2D eigenvalue weighted by Gasteiger charge is 2.17. The van der Waals surface area contributed by atoms with Gasteiger partial charge in [-0.2, -0.15) is 0 Å². The quantitative estimate of drug-likeness (QED) is 0.616. The molecule has 0 bridgehead atoms. The second kappa shape index (κ2) is 4.07. The smallest absolute Gasteiger partial charge is 0.190 e. The molecule has 0 saturated carbocycles. The molecule has 0 atom stereocenters. The Hall–Kier alpha value is -1.28. The van der Waals surface area contributed by atoms with Crippen molar-refractivity contribution < 1.29 is 4.79 Å². The van der Waals surface area contributed by atoms with Crippen LogP contribution in [0.1, 0.15) is 29.6 Å². The maximum Gasteiger partial charge on any atom is 0.190 e. The molecule has 0 unspecified atom stereocenters. The fourth-order valence-corrected chi connectivity index (χ4v) is 1.97. The van der Waals surface area contributed by atoms with Crippen LogP contribution < -0.4 is 5.73 Å². The Labute approximate surface area is 93.7 Å². The van der Waals surface area contributed by atoms with Crippen molar-refractivity contribution in [2.45, 2.75) is 19.3 Å². The normalized spacial score (nSPS) is 15.1. The van der Waals surface area contributed by atoms with Crippen LogP contribution in [0.2, 0.25) is 5.02 Å². The first-order valence-corrected chi connectivity index (χ1v) is 5.35. The number of Topliss-reactive ketones (excluding diaryl/α,β-unsaturated/α-hetero) is 1. The van der Waals surface area contributed by atoms with Crippen LogP contribution in [0.25, 0.3) is 0 Å². The number of nitrogens with two attached hydrogens (primary N) is 1. The first-order valence-electron chi connectivity index (χ1n) is 4.97. The van der Waals surface area contributed by atoms with Crippen LogP contribution in [0.5, 0.6) is 0 Å². The Bertz CT molecular complexity index is 437. The largest absolute Gasteiger partial charge is 0.399 e. The lowest BCUT2D eigenvalue weighted by Gasteiger charge is -2.05. The van der Waals surface area contributed by atoms with Gasteiger partial charge >= 0.3 is 0 Å². The van der Waals surface area contributed by atoms with Gasteiger partial charge in [0.2, 0.25) is 0 Å². The minimum absolute atomic E-state index is 0.0183. The van der Waals surface area contributed by atoms with Gasteiger partial charge in [0.15, 0.2) is 5.78 Å². The van der Waals surface area contributed by atoms with Crippen LogP contribution in [0, 0.1) is 0 Å². The van der Waals surface area contributed by atoms with Gasteiger partial charge < -0.3 is 5.73 Å². The number of benzene rings is 1. The minimum Gasteiger partial charge on any atom is -0.399 e. The van der Waals surface area contributed by atoms with Crippen LogP contribution in [0.3, 0.4) is 0 Å². The highest BCUT2D eigenvalue weighted by Crippen LogP contribution is 2.26. The maximum atomic E-state index is 12.0. The van der Waals surface area contributed by atoms with E-state index in [4.69, 9.17) is 17.3 Å². The summed E-state index contributed by atoms with van der Waals surface area (Å²) in [5.41, 5.74) is 7.59. The van der Waals surface area contributed by atoms with Gasteiger partial charge in [-0.15, -0.1) is 0 Å². The van der Waals surface area contributed by atoms with Crippen molar-refractivity contribution in [2.75, 3.05) is 5.73 Å². The first kappa shape index (κ1) is 10.2. The summed E-state index contributed by atoms with van der Waals surface area (Å²) in [5, 5.41) is 0.474. The Morgan fingerprint density at radius 2 is 2.20 bits per heavy atom. The zero-order chi connectivity index (χ0) is 10.8. The van der Waals surface area contributed by atoms with Crippen LogP contribution >= 0.6 is 11.6 Å². The Balaban J connectivity index is 2.36. The molecule has 1 aromatic carbocycles. The van der Waals surface area contributed by atoms with Gasteiger partial charge in [-0.3, -0.25) is 4.79 Å². The van der Waals surface area contributed by atoms with E-state index in [0.717, 1.165) is 24.8 Å². The number of hydrogen-bond donors (Lipinski definition) is 1. The highest BCUT2D eigenvalue weighted by molar-refractivity contribution is 6.35. The fourth-order valence-electron chi connectivity index (χ4n) is 1.77. The summed E-state index contributed by atoms with van der Waals surface area (Å²) in [6, 6.07) is 5.01. The minimum atomic E-state index is 0.0183. The van der Waals surface area contributed by atoms with Crippen molar-refractivity contribution in [3.63, 3.8) is 0 Å². The van der Waals surface area contributed by atoms with Crippen LogP contribution in [-0.4, -0.2) is 5.78 Å². The maximum absolute atomic E-state index is 12.0. The molecule has 2 N–H and O–H groups in total. The molecule has 1 aliphatic carbocycles. The lowest BCUT2D eigenvalue weighted by molar-refractivity contribution is 0.103. The predicted molar refractivity (Wildman–Crippen MR) is 62.1 cm³/mol. The van der Waals surface area contributed by atoms with Crippen molar-refractivity contribution in [3.05, 3.63) is 40.4 Å². The molecule has 2 rings (SSSR count). The number of carbonyl (C=O) groups excluding carboxylic acids is 1. The number of rotatable bonds is 2. The summed E-state index contributed by atoms with van der Waals surface area (Å²) >= 11 is 5.97. The van der Waals surface area contributed by atoms with E-state index < -0.39 is 0 Å². The molecule has 0 aromatic heterocycles. The molecular formula is C12H12ClNO. The van der Waals surface area contributed by atoms with E-state index in [1.54, 1.807) is 18.2 Å². The molecule has 1 aliphatic rings. The van der Waals surface area contributed by atoms with Crippen LogP contribution in [-0.2, 0) is 0 Å². The van der Waals surface area contributed by atoms with E-state index in [1.807, 2.05) is 6.08 Å². The number of hydrogen-bond acceptors (Lipinski definition) is 2. The van der Waals surface area contributed by atoms with Gasteiger partial charge in [-0.25, -0.2) is 0 Å². The third kappa shape index (κ3) is 2.05. The van der Waals surface area contributed by atoms with Gasteiger partial charge in [0, 0.05) is 11.3 Å². The number of halogens is 1. The lowest BCUT2D eigenvalue weighted by atomic mass is 10.0. The lowest BCUT2D eigenvalue weighted by Crippen LogP contribution is -2.03. The molecule has 2 nitrogen and oxygen atoms in total. The molecule has 78 valence electrons. The molecule has 3 heteroatoms. The Kier molecular flexibility index (Phi) is 2.78. The molecule has 1 aromatic rings. The van der Waals surface area contributed by atoms with Crippen molar-refractivity contribution in [1.29, 1.82) is 0 Å². The molecule has 0 amide bonds. The molecule has 0 saturated heterocycles. The van der Waals surface area contributed by atoms with Gasteiger partial charge in [0.25, 0.3) is 0 Å². The Morgan fingerprint density at radius 1 is 1.40 bits per heavy atom.